The number of benzene rings is 2. The molecule has 1 nitrogen and oxygen atoms in total. The molecule has 138 valence electrons. The number of ether oxygens (including phenoxy) is 1. The molecule has 2 rings (SSSR count). The predicted molar refractivity (Wildman–Crippen MR) is 107 cm³/mol. The molecule has 0 bridgehead atoms. The molecule has 0 aromatic heterocycles. The molecule has 0 aliphatic heterocycles. The SMILES string of the molecule is CC.CCCC(C)Cc1cc(CC)ccc1-c1cc(OC)ccc1F. The number of hydrogen-bond donors (Lipinski definition) is 0. The van der Waals surface area contributed by atoms with Gasteiger partial charge in [-0.1, -0.05) is 65.7 Å². The summed E-state index contributed by atoms with van der Waals surface area (Å²) in [5.41, 5.74) is 4.15. The fraction of sp³-hybridized carbons (Fsp3) is 0.478. The third kappa shape index (κ3) is 5.88. The van der Waals surface area contributed by atoms with Crippen LogP contribution in [0, 0.1) is 11.7 Å². The van der Waals surface area contributed by atoms with Crippen molar-refractivity contribution in [1.29, 1.82) is 0 Å². The first kappa shape index (κ1) is 21.2. The average Bonchev–Trinajstić information content (AvgIpc) is 2.64. The molecule has 0 saturated carbocycles. The van der Waals surface area contributed by atoms with Gasteiger partial charge in [-0.25, -0.2) is 4.39 Å². The van der Waals surface area contributed by atoms with Gasteiger partial charge in [-0.3, -0.25) is 0 Å². The lowest BCUT2D eigenvalue weighted by molar-refractivity contribution is 0.414. The molecule has 2 aromatic rings. The largest absolute Gasteiger partial charge is 0.497 e. The normalized spacial score (nSPS) is 11.5. The van der Waals surface area contributed by atoms with Crippen molar-refractivity contribution in [2.45, 2.75) is 60.3 Å². The van der Waals surface area contributed by atoms with E-state index < -0.39 is 0 Å². The van der Waals surface area contributed by atoms with Gasteiger partial charge in [0, 0.05) is 5.56 Å². The van der Waals surface area contributed by atoms with Gasteiger partial charge in [-0.05, 0) is 53.6 Å². The fourth-order valence-corrected chi connectivity index (χ4v) is 3.11. The van der Waals surface area contributed by atoms with Crippen LogP contribution in [0.4, 0.5) is 4.39 Å². The van der Waals surface area contributed by atoms with Crippen LogP contribution in [0.5, 0.6) is 5.75 Å². The van der Waals surface area contributed by atoms with Gasteiger partial charge in [-0.2, -0.15) is 0 Å². The van der Waals surface area contributed by atoms with Crippen LogP contribution in [0.25, 0.3) is 11.1 Å². The summed E-state index contributed by atoms with van der Waals surface area (Å²) in [4.78, 5) is 0. The molecule has 0 saturated heterocycles. The highest BCUT2D eigenvalue weighted by Crippen LogP contribution is 2.32. The summed E-state index contributed by atoms with van der Waals surface area (Å²) >= 11 is 0. The Kier molecular flexibility index (Phi) is 9.26. The van der Waals surface area contributed by atoms with Crippen molar-refractivity contribution < 1.29 is 9.13 Å². The summed E-state index contributed by atoms with van der Waals surface area (Å²) in [5.74, 6) is 1.09. The lowest BCUT2D eigenvalue weighted by Gasteiger charge is -2.17. The Morgan fingerprint density at radius 2 is 1.72 bits per heavy atom. The van der Waals surface area contributed by atoms with Gasteiger partial charge in [0.1, 0.15) is 11.6 Å². The van der Waals surface area contributed by atoms with E-state index in [1.54, 1.807) is 19.2 Å². The van der Waals surface area contributed by atoms with Gasteiger partial charge in [0.25, 0.3) is 0 Å². The molecule has 0 N–H and O–H groups in total. The molecule has 1 unspecified atom stereocenters. The Morgan fingerprint density at radius 3 is 2.32 bits per heavy atom. The zero-order valence-corrected chi connectivity index (χ0v) is 16.7. The first-order chi connectivity index (χ1) is 12.1. The summed E-state index contributed by atoms with van der Waals surface area (Å²) in [6.07, 6.45) is 4.34. The monoisotopic (exact) mass is 344 g/mol. The smallest absolute Gasteiger partial charge is 0.131 e. The van der Waals surface area contributed by atoms with Crippen LogP contribution in [-0.2, 0) is 12.8 Å². The van der Waals surface area contributed by atoms with Gasteiger partial charge in [0.2, 0.25) is 0 Å². The number of rotatable bonds is 7. The van der Waals surface area contributed by atoms with Crippen molar-refractivity contribution >= 4 is 0 Å². The van der Waals surface area contributed by atoms with E-state index in [4.69, 9.17) is 4.74 Å². The van der Waals surface area contributed by atoms with Crippen LogP contribution < -0.4 is 4.74 Å². The van der Waals surface area contributed by atoms with Crippen molar-refractivity contribution in [1.82, 2.24) is 0 Å². The Morgan fingerprint density at radius 1 is 1.00 bits per heavy atom. The Labute approximate surface area is 153 Å². The third-order valence-corrected chi connectivity index (χ3v) is 4.39. The minimum Gasteiger partial charge on any atom is -0.497 e. The van der Waals surface area contributed by atoms with E-state index in [0.29, 0.717) is 17.2 Å². The number of halogens is 1. The van der Waals surface area contributed by atoms with E-state index in [2.05, 4.69) is 39.0 Å². The van der Waals surface area contributed by atoms with Crippen LogP contribution >= 0.6 is 0 Å². The van der Waals surface area contributed by atoms with E-state index in [-0.39, 0.29) is 5.82 Å². The second-order valence-electron chi connectivity index (χ2n) is 6.29. The molecule has 0 spiro atoms. The molecule has 0 radical (unpaired) electrons. The lowest BCUT2D eigenvalue weighted by atomic mass is 9.89. The van der Waals surface area contributed by atoms with Crippen molar-refractivity contribution in [3.63, 3.8) is 0 Å². The van der Waals surface area contributed by atoms with E-state index in [9.17, 15) is 4.39 Å². The fourth-order valence-electron chi connectivity index (χ4n) is 3.11. The summed E-state index contributed by atoms with van der Waals surface area (Å²) in [6, 6.07) is 11.3. The Bertz CT molecular complexity index is 649. The Hall–Kier alpha value is -1.83. The number of aryl methyl sites for hydroxylation is 1. The third-order valence-electron chi connectivity index (χ3n) is 4.39. The van der Waals surface area contributed by atoms with E-state index in [1.165, 1.54) is 30.0 Å². The second-order valence-corrected chi connectivity index (χ2v) is 6.29. The molecule has 2 aromatic carbocycles. The average molecular weight is 345 g/mol. The topological polar surface area (TPSA) is 9.23 Å². The van der Waals surface area contributed by atoms with Gasteiger partial charge in [0.05, 0.1) is 7.11 Å². The van der Waals surface area contributed by atoms with E-state index in [0.717, 1.165) is 18.4 Å². The molecule has 2 heteroatoms. The first-order valence-electron chi connectivity index (χ1n) is 9.54. The van der Waals surface area contributed by atoms with Gasteiger partial charge >= 0.3 is 0 Å². The minimum absolute atomic E-state index is 0.195. The molecule has 1 atom stereocenters. The van der Waals surface area contributed by atoms with Crippen LogP contribution in [0.1, 0.15) is 58.6 Å². The summed E-state index contributed by atoms with van der Waals surface area (Å²) < 4.78 is 19.7. The first-order valence-corrected chi connectivity index (χ1v) is 9.54. The number of methoxy groups -OCH3 is 1. The van der Waals surface area contributed by atoms with Crippen LogP contribution in [-0.4, -0.2) is 7.11 Å². The van der Waals surface area contributed by atoms with Gasteiger partial charge < -0.3 is 4.74 Å². The highest BCUT2D eigenvalue weighted by Gasteiger charge is 2.14. The maximum Gasteiger partial charge on any atom is 0.131 e. The molecule has 0 amide bonds. The zero-order chi connectivity index (χ0) is 18.8. The standard InChI is InChI=1S/C21H27FO.C2H6/c1-5-7-15(3)12-17-13-16(6-2)8-10-19(17)20-14-18(23-4)9-11-21(20)22;1-2/h8-11,13-15H,5-7,12H2,1-4H3;1-2H3. The quantitative estimate of drug-likeness (QED) is 0.522. The highest BCUT2D eigenvalue weighted by atomic mass is 19.1. The second kappa shape index (κ2) is 10.9. The van der Waals surface area contributed by atoms with Crippen molar-refractivity contribution in [2.24, 2.45) is 5.92 Å². The molecule has 0 fully saturated rings. The highest BCUT2D eigenvalue weighted by molar-refractivity contribution is 5.70. The molecular formula is C23H33FO. The van der Waals surface area contributed by atoms with Crippen LogP contribution in [0.15, 0.2) is 36.4 Å². The molecule has 0 aliphatic rings. The van der Waals surface area contributed by atoms with Crippen molar-refractivity contribution in [3.05, 3.63) is 53.3 Å². The van der Waals surface area contributed by atoms with Crippen LogP contribution in [0.2, 0.25) is 0 Å². The summed E-state index contributed by atoms with van der Waals surface area (Å²) in [7, 11) is 1.61. The maximum absolute atomic E-state index is 14.4. The molecule has 25 heavy (non-hydrogen) atoms. The summed E-state index contributed by atoms with van der Waals surface area (Å²) in [6.45, 7) is 10.6. The predicted octanol–water partition coefficient (Wildman–Crippen LogP) is 7.07. The van der Waals surface area contributed by atoms with E-state index in [1.807, 2.05) is 13.8 Å². The van der Waals surface area contributed by atoms with Gasteiger partial charge in [-0.15, -0.1) is 0 Å². The molecule has 0 aliphatic carbocycles. The zero-order valence-electron chi connectivity index (χ0n) is 16.7. The van der Waals surface area contributed by atoms with Crippen molar-refractivity contribution in [2.75, 3.05) is 7.11 Å². The number of hydrogen-bond acceptors (Lipinski definition) is 1. The van der Waals surface area contributed by atoms with E-state index >= 15 is 0 Å². The molecular weight excluding hydrogens is 311 g/mol. The van der Waals surface area contributed by atoms with Crippen molar-refractivity contribution in [3.8, 4) is 16.9 Å². The maximum atomic E-state index is 14.4. The van der Waals surface area contributed by atoms with Crippen LogP contribution in [0.3, 0.4) is 0 Å². The van der Waals surface area contributed by atoms with Gasteiger partial charge in [0.15, 0.2) is 0 Å². The Balaban J connectivity index is 0.00000151. The minimum atomic E-state index is -0.195. The lowest BCUT2D eigenvalue weighted by Crippen LogP contribution is -2.03. The summed E-state index contributed by atoms with van der Waals surface area (Å²) in [5, 5.41) is 0. The molecule has 0 heterocycles.